The number of benzene rings is 2. The van der Waals surface area contributed by atoms with E-state index in [0.29, 0.717) is 22.6 Å². The van der Waals surface area contributed by atoms with E-state index in [1.807, 2.05) is 0 Å². The number of nitrogens with one attached hydrogen (secondary N) is 1. The van der Waals surface area contributed by atoms with Gasteiger partial charge in [-0.2, -0.15) is 4.98 Å². The number of rotatable bonds is 8. The number of anilines is 1. The van der Waals surface area contributed by atoms with Crippen molar-refractivity contribution in [2.45, 2.75) is 12.5 Å². The Labute approximate surface area is 200 Å². The summed E-state index contributed by atoms with van der Waals surface area (Å²) in [5.74, 6) is 0.374. The fraction of sp³-hybridized carbons (Fsp3) is 0.250. The molecule has 1 N–H and O–H groups in total. The van der Waals surface area contributed by atoms with Crippen molar-refractivity contribution in [1.82, 2.24) is 9.55 Å². The highest BCUT2D eigenvalue weighted by atomic mass is 16.7. The Balaban J connectivity index is 1.31. The molecule has 35 heavy (non-hydrogen) atoms. The molecule has 4 rings (SSSR count). The zero-order valence-corrected chi connectivity index (χ0v) is 19.0. The third-order valence-corrected chi connectivity index (χ3v) is 5.14. The summed E-state index contributed by atoms with van der Waals surface area (Å²) in [6.45, 7) is -0.0938. The zero-order chi connectivity index (χ0) is 24.8. The quantitative estimate of drug-likeness (QED) is 0.482. The number of hydrogen-bond acceptors (Lipinski definition) is 9. The molecule has 0 saturated carbocycles. The summed E-state index contributed by atoms with van der Waals surface area (Å²) in [7, 11) is 3.07. The molecule has 11 heteroatoms. The van der Waals surface area contributed by atoms with Crippen LogP contribution >= 0.6 is 0 Å². The predicted octanol–water partition coefficient (Wildman–Crippen LogP) is 2.24. The van der Waals surface area contributed by atoms with E-state index in [0.717, 1.165) is 0 Å². The Morgan fingerprint density at radius 3 is 2.23 bits per heavy atom. The average Bonchev–Trinajstić information content (AvgIpc) is 3.36. The second kappa shape index (κ2) is 10.8. The highest BCUT2D eigenvalue weighted by molar-refractivity contribution is 6.03. The van der Waals surface area contributed by atoms with Gasteiger partial charge < -0.3 is 29.0 Å². The molecule has 1 aromatic heterocycles. The molecule has 1 aliphatic rings. The number of aromatic nitrogens is 2. The van der Waals surface area contributed by atoms with Gasteiger partial charge in [-0.05, 0) is 54.6 Å². The van der Waals surface area contributed by atoms with Crippen LogP contribution in [0, 0.1) is 0 Å². The van der Waals surface area contributed by atoms with Crippen molar-refractivity contribution in [3.05, 3.63) is 82.4 Å². The van der Waals surface area contributed by atoms with Gasteiger partial charge >= 0.3 is 11.7 Å². The molecule has 0 spiro atoms. The van der Waals surface area contributed by atoms with Gasteiger partial charge in [0.25, 0.3) is 5.91 Å². The first-order chi connectivity index (χ1) is 17.0. The lowest BCUT2D eigenvalue weighted by atomic mass is 10.2. The van der Waals surface area contributed by atoms with E-state index in [1.165, 1.54) is 31.0 Å². The summed E-state index contributed by atoms with van der Waals surface area (Å²) in [6, 6.07) is 14.5. The fourth-order valence-electron chi connectivity index (χ4n) is 3.26. The first kappa shape index (κ1) is 23.9. The molecule has 0 bridgehead atoms. The number of amides is 1. The first-order valence-corrected chi connectivity index (χ1v) is 10.6. The van der Waals surface area contributed by atoms with E-state index in [9.17, 15) is 14.4 Å². The number of ether oxygens (including phenoxy) is 5. The van der Waals surface area contributed by atoms with Gasteiger partial charge in [0.15, 0.2) is 12.5 Å². The van der Waals surface area contributed by atoms with E-state index in [1.54, 1.807) is 48.5 Å². The van der Waals surface area contributed by atoms with Crippen molar-refractivity contribution < 1.29 is 33.3 Å². The molecule has 1 saturated heterocycles. The summed E-state index contributed by atoms with van der Waals surface area (Å²) in [5.41, 5.74) is 0.103. The van der Waals surface area contributed by atoms with Gasteiger partial charge in [-0.15, -0.1) is 0 Å². The van der Waals surface area contributed by atoms with Crippen molar-refractivity contribution in [1.29, 1.82) is 0 Å². The first-order valence-electron chi connectivity index (χ1n) is 10.6. The summed E-state index contributed by atoms with van der Waals surface area (Å²) in [5, 5.41) is 2.58. The maximum absolute atomic E-state index is 12.5. The summed E-state index contributed by atoms with van der Waals surface area (Å²) < 4.78 is 27.7. The number of carbonyl (C=O) groups excluding carboxylic acids is 2. The smallest absolute Gasteiger partial charge is 0.351 e. The number of esters is 1. The Hall–Kier alpha value is -4.22. The molecule has 1 aliphatic heterocycles. The number of carbonyl (C=O) groups is 2. The number of nitrogens with zero attached hydrogens (tertiary/aromatic N) is 2. The molecule has 0 radical (unpaired) electrons. The molecule has 2 atom stereocenters. The van der Waals surface area contributed by atoms with Gasteiger partial charge in [-0.1, -0.05) is 0 Å². The molecule has 3 aromatic rings. The van der Waals surface area contributed by atoms with E-state index >= 15 is 0 Å². The molecule has 2 aromatic carbocycles. The fourth-order valence-corrected chi connectivity index (χ4v) is 3.26. The summed E-state index contributed by atoms with van der Waals surface area (Å²) in [6.07, 6.45) is -0.159. The second-order valence-electron chi connectivity index (χ2n) is 7.37. The SMILES string of the molecule is COc1ccc(C(=O)Nc2ccn(C3COC(COC(=O)c4ccc(OC)cc4)O3)c(=O)n2)cc1. The Morgan fingerprint density at radius 1 is 1.00 bits per heavy atom. The van der Waals surface area contributed by atoms with Crippen molar-refractivity contribution in [3.8, 4) is 11.5 Å². The molecule has 1 amide bonds. The Bertz CT molecular complexity index is 1240. The minimum Gasteiger partial charge on any atom is -0.497 e. The van der Waals surface area contributed by atoms with Crippen LogP contribution in [0.4, 0.5) is 5.82 Å². The van der Waals surface area contributed by atoms with Gasteiger partial charge in [-0.25, -0.2) is 9.59 Å². The summed E-state index contributed by atoms with van der Waals surface area (Å²) >= 11 is 0. The normalized spacial score (nSPS) is 17.0. The summed E-state index contributed by atoms with van der Waals surface area (Å²) in [4.78, 5) is 40.9. The lowest BCUT2D eigenvalue weighted by Gasteiger charge is -2.14. The zero-order valence-electron chi connectivity index (χ0n) is 19.0. The lowest BCUT2D eigenvalue weighted by molar-refractivity contribution is -0.103. The minimum atomic E-state index is -0.844. The van der Waals surface area contributed by atoms with Crippen LogP contribution in [-0.2, 0) is 14.2 Å². The average molecular weight is 481 g/mol. The minimum absolute atomic E-state index is 0.0594. The molecular formula is C24H23N3O8. The maximum Gasteiger partial charge on any atom is 0.351 e. The highest BCUT2D eigenvalue weighted by Crippen LogP contribution is 2.21. The van der Waals surface area contributed by atoms with E-state index in [2.05, 4.69) is 10.3 Å². The largest absolute Gasteiger partial charge is 0.497 e. The van der Waals surface area contributed by atoms with Crippen LogP contribution in [0.3, 0.4) is 0 Å². The third-order valence-electron chi connectivity index (χ3n) is 5.14. The van der Waals surface area contributed by atoms with Crippen molar-refractivity contribution in [2.24, 2.45) is 0 Å². The Kier molecular flexibility index (Phi) is 7.38. The monoisotopic (exact) mass is 481 g/mol. The van der Waals surface area contributed by atoms with Crippen LogP contribution in [0.25, 0.3) is 0 Å². The Morgan fingerprint density at radius 2 is 1.63 bits per heavy atom. The molecule has 0 aliphatic carbocycles. The molecule has 1 fully saturated rings. The van der Waals surface area contributed by atoms with Crippen LogP contribution in [-0.4, -0.2) is 55.2 Å². The topological polar surface area (TPSA) is 127 Å². The van der Waals surface area contributed by atoms with Gasteiger partial charge in [0.2, 0.25) is 0 Å². The van der Waals surface area contributed by atoms with Crippen molar-refractivity contribution in [2.75, 3.05) is 32.8 Å². The highest BCUT2D eigenvalue weighted by Gasteiger charge is 2.29. The van der Waals surface area contributed by atoms with Gasteiger partial charge in [0, 0.05) is 11.8 Å². The van der Waals surface area contributed by atoms with Gasteiger partial charge in [0.05, 0.1) is 26.4 Å². The van der Waals surface area contributed by atoms with E-state index in [4.69, 9.17) is 23.7 Å². The molecule has 182 valence electrons. The lowest BCUT2D eigenvalue weighted by Crippen LogP contribution is -2.29. The standard InChI is InChI=1S/C24H23N3O8/c1-31-17-7-3-15(4-8-17)22(28)25-19-11-12-27(24(30)26-19)20-13-33-21(35-20)14-34-23(29)16-5-9-18(32-2)10-6-16/h3-12,20-21H,13-14H2,1-2H3,(H,25,26,28,30). The van der Waals surface area contributed by atoms with E-state index in [-0.39, 0.29) is 19.0 Å². The van der Waals surface area contributed by atoms with Crippen LogP contribution in [0.15, 0.2) is 65.6 Å². The molecule has 2 unspecified atom stereocenters. The van der Waals surface area contributed by atoms with Crippen molar-refractivity contribution >= 4 is 17.7 Å². The van der Waals surface area contributed by atoms with Crippen LogP contribution in [0.5, 0.6) is 11.5 Å². The van der Waals surface area contributed by atoms with Crippen LogP contribution in [0.2, 0.25) is 0 Å². The number of hydrogen-bond donors (Lipinski definition) is 1. The van der Waals surface area contributed by atoms with Crippen LogP contribution in [0.1, 0.15) is 26.9 Å². The second-order valence-corrected chi connectivity index (χ2v) is 7.37. The molecular weight excluding hydrogens is 458 g/mol. The van der Waals surface area contributed by atoms with E-state index < -0.39 is 30.1 Å². The van der Waals surface area contributed by atoms with Crippen LogP contribution < -0.4 is 20.5 Å². The number of methoxy groups -OCH3 is 2. The van der Waals surface area contributed by atoms with Crippen molar-refractivity contribution in [3.63, 3.8) is 0 Å². The molecule has 2 heterocycles. The molecule has 11 nitrogen and oxygen atoms in total. The third kappa shape index (κ3) is 5.83. The van der Waals surface area contributed by atoms with Gasteiger partial charge in [-0.3, -0.25) is 9.36 Å². The van der Waals surface area contributed by atoms with Gasteiger partial charge in [0.1, 0.15) is 23.9 Å². The predicted molar refractivity (Wildman–Crippen MR) is 123 cm³/mol. The maximum atomic E-state index is 12.5.